The number of phenols is 1. The highest BCUT2D eigenvalue weighted by Gasteiger charge is 2.01. The van der Waals surface area contributed by atoms with Crippen LogP contribution in [0.25, 0.3) is 10.9 Å². The Morgan fingerprint density at radius 2 is 2.05 bits per heavy atom. The van der Waals surface area contributed by atoms with Crippen LogP contribution in [-0.4, -0.2) is 21.3 Å². The number of aromatic hydroxyl groups is 1. The maximum Gasteiger partial charge on any atom is 0.260 e. The zero-order valence-corrected chi connectivity index (χ0v) is 10.9. The van der Waals surface area contributed by atoms with Crippen LogP contribution >= 0.6 is 0 Å². The summed E-state index contributed by atoms with van der Waals surface area (Å²) in [4.78, 5) is 18.7. The fraction of sp³-hybridized carbons (Fsp3) is 0. The molecule has 21 heavy (non-hydrogen) atoms. The van der Waals surface area contributed by atoms with Gasteiger partial charge in [-0.3, -0.25) is 9.78 Å². The fourth-order valence-electron chi connectivity index (χ4n) is 1.91. The van der Waals surface area contributed by atoms with Crippen LogP contribution < -0.4 is 11.0 Å². The molecule has 104 valence electrons. The van der Waals surface area contributed by atoms with Crippen LogP contribution in [0.1, 0.15) is 5.56 Å². The number of phenolic OH excluding ortho intramolecular Hbond substituents is 1. The van der Waals surface area contributed by atoms with Gasteiger partial charge in [-0.15, -0.1) is 0 Å². The van der Waals surface area contributed by atoms with Crippen LogP contribution in [0.2, 0.25) is 0 Å². The topological polar surface area (TPSA) is 90.4 Å². The molecule has 0 spiro atoms. The zero-order valence-electron chi connectivity index (χ0n) is 10.9. The largest absolute Gasteiger partial charge is 0.508 e. The number of hydrogen-bond donors (Lipinski definition) is 3. The second-order valence-electron chi connectivity index (χ2n) is 4.40. The number of hydrogen-bond acceptors (Lipinski definition) is 5. The monoisotopic (exact) mass is 280 g/mol. The van der Waals surface area contributed by atoms with Crippen molar-refractivity contribution in [1.82, 2.24) is 9.97 Å². The summed E-state index contributed by atoms with van der Waals surface area (Å²) >= 11 is 0. The quantitative estimate of drug-likeness (QED) is 0.506. The van der Waals surface area contributed by atoms with Crippen molar-refractivity contribution in [3.63, 3.8) is 0 Å². The van der Waals surface area contributed by atoms with Gasteiger partial charge in [-0.25, -0.2) is 10.4 Å². The van der Waals surface area contributed by atoms with Crippen molar-refractivity contribution in [2.45, 2.75) is 0 Å². The predicted octanol–water partition coefficient (Wildman–Crippen LogP) is 2.07. The molecule has 0 aliphatic heterocycles. The summed E-state index contributed by atoms with van der Waals surface area (Å²) in [6, 6.07) is 13.7. The third-order valence-corrected chi connectivity index (χ3v) is 2.87. The Kier molecular flexibility index (Phi) is 3.34. The third kappa shape index (κ3) is 2.89. The molecule has 1 aromatic heterocycles. The molecule has 0 saturated carbocycles. The van der Waals surface area contributed by atoms with Gasteiger partial charge < -0.3 is 5.11 Å². The number of aromatic amines is 1. The molecule has 0 atom stereocenters. The molecule has 3 rings (SSSR count). The van der Waals surface area contributed by atoms with Gasteiger partial charge in [-0.05, 0) is 29.8 Å². The van der Waals surface area contributed by atoms with Gasteiger partial charge in [0.1, 0.15) is 5.75 Å². The lowest BCUT2D eigenvalue weighted by molar-refractivity contribution is 0.475. The molecule has 0 aliphatic rings. The van der Waals surface area contributed by atoms with E-state index in [0.29, 0.717) is 10.9 Å². The summed E-state index contributed by atoms with van der Waals surface area (Å²) in [6.07, 6.45) is 1.52. The Labute approximate surface area is 119 Å². The van der Waals surface area contributed by atoms with Crippen LogP contribution in [0.15, 0.2) is 58.4 Å². The van der Waals surface area contributed by atoms with Crippen molar-refractivity contribution in [2.24, 2.45) is 5.10 Å². The molecular weight excluding hydrogens is 268 g/mol. The zero-order chi connectivity index (χ0) is 14.7. The summed E-state index contributed by atoms with van der Waals surface area (Å²) < 4.78 is 0. The minimum absolute atomic E-state index is 0.163. The number of hydrazone groups is 1. The summed E-state index contributed by atoms with van der Waals surface area (Å²) in [7, 11) is 0. The van der Waals surface area contributed by atoms with Crippen LogP contribution in [0.3, 0.4) is 0 Å². The molecule has 0 amide bonds. The highest BCUT2D eigenvalue weighted by Crippen LogP contribution is 2.10. The maximum atomic E-state index is 11.9. The van der Waals surface area contributed by atoms with Crippen molar-refractivity contribution < 1.29 is 5.11 Å². The summed E-state index contributed by atoms with van der Waals surface area (Å²) in [6.45, 7) is 0. The van der Waals surface area contributed by atoms with E-state index in [-0.39, 0.29) is 17.3 Å². The van der Waals surface area contributed by atoms with Crippen molar-refractivity contribution in [1.29, 1.82) is 0 Å². The fourth-order valence-corrected chi connectivity index (χ4v) is 1.91. The number of fused-ring (bicyclic) bond motifs is 1. The first kappa shape index (κ1) is 12.9. The first-order chi connectivity index (χ1) is 10.2. The van der Waals surface area contributed by atoms with E-state index < -0.39 is 0 Å². The normalized spacial score (nSPS) is 11.0. The molecule has 3 aromatic rings. The second-order valence-corrected chi connectivity index (χ2v) is 4.40. The van der Waals surface area contributed by atoms with Crippen molar-refractivity contribution in [2.75, 3.05) is 5.43 Å². The van der Waals surface area contributed by atoms with E-state index in [1.165, 1.54) is 6.21 Å². The van der Waals surface area contributed by atoms with Gasteiger partial charge in [0.15, 0.2) is 0 Å². The van der Waals surface area contributed by atoms with Crippen molar-refractivity contribution >= 4 is 23.1 Å². The van der Waals surface area contributed by atoms with E-state index >= 15 is 0 Å². The molecule has 0 radical (unpaired) electrons. The predicted molar refractivity (Wildman–Crippen MR) is 81.7 cm³/mol. The third-order valence-electron chi connectivity index (χ3n) is 2.87. The summed E-state index contributed by atoms with van der Waals surface area (Å²) in [5.41, 5.74) is 3.76. The maximum absolute atomic E-state index is 11.9. The van der Waals surface area contributed by atoms with Gasteiger partial charge in [0, 0.05) is 0 Å². The minimum atomic E-state index is -0.226. The molecule has 0 fully saturated rings. The number of rotatable bonds is 3. The lowest BCUT2D eigenvalue weighted by Gasteiger charge is -2.01. The van der Waals surface area contributed by atoms with E-state index in [2.05, 4.69) is 20.5 Å². The van der Waals surface area contributed by atoms with E-state index in [0.717, 1.165) is 5.56 Å². The molecule has 0 unspecified atom stereocenters. The van der Waals surface area contributed by atoms with Crippen LogP contribution in [-0.2, 0) is 0 Å². The average Bonchev–Trinajstić information content (AvgIpc) is 2.47. The van der Waals surface area contributed by atoms with Crippen LogP contribution in [0.4, 0.5) is 5.95 Å². The van der Waals surface area contributed by atoms with Crippen molar-refractivity contribution in [3.05, 3.63) is 64.4 Å². The Morgan fingerprint density at radius 1 is 1.19 bits per heavy atom. The first-order valence-corrected chi connectivity index (χ1v) is 6.29. The number of aromatic nitrogens is 2. The van der Waals surface area contributed by atoms with E-state index in [4.69, 9.17) is 0 Å². The highest BCUT2D eigenvalue weighted by atomic mass is 16.3. The van der Waals surface area contributed by atoms with E-state index in [1.54, 1.807) is 42.5 Å². The Hall–Kier alpha value is -3.15. The number of benzene rings is 2. The number of nitrogens with one attached hydrogen (secondary N) is 2. The second kappa shape index (κ2) is 5.46. The molecule has 0 aliphatic carbocycles. The van der Waals surface area contributed by atoms with Gasteiger partial charge in [-0.1, -0.05) is 24.3 Å². The van der Waals surface area contributed by atoms with Gasteiger partial charge in [-0.2, -0.15) is 5.10 Å². The van der Waals surface area contributed by atoms with Gasteiger partial charge >= 0.3 is 0 Å². The first-order valence-electron chi connectivity index (χ1n) is 6.29. The average molecular weight is 280 g/mol. The smallest absolute Gasteiger partial charge is 0.260 e. The molecule has 2 aromatic carbocycles. The standard InChI is InChI=1S/C15H12N4O2/c20-11-5-3-4-10(8-11)9-16-19-15-17-13-7-2-1-6-12(13)14(21)18-15/h1-9,20H,(H2,17,18,19,21)/b16-9+. The Bertz CT molecular complexity index is 871. The van der Waals surface area contributed by atoms with Crippen LogP contribution in [0.5, 0.6) is 5.75 Å². The van der Waals surface area contributed by atoms with Gasteiger partial charge in [0.25, 0.3) is 5.56 Å². The lowest BCUT2D eigenvalue weighted by atomic mass is 10.2. The number of anilines is 1. The number of para-hydroxylation sites is 1. The summed E-state index contributed by atoms with van der Waals surface area (Å²) in [5, 5.41) is 13.9. The molecule has 3 N–H and O–H groups in total. The van der Waals surface area contributed by atoms with Gasteiger partial charge in [0.05, 0.1) is 17.1 Å². The Morgan fingerprint density at radius 3 is 2.90 bits per heavy atom. The van der Waals surface area contributed by atoms with Crippen molar-refractivity contribution in [3.8, 4) is 5.75 Å². The summed E-state index contributed by atoms with van der Waals surface area (Å²) in [5.74, 6) is 0.422. The van der Waals surface area contributed by atoms with E-state index in [9.17, 15) is 9.90 Å². The molecule has 0 bridgehead atoms. The minimum Gasteiger partial charge on any atom is -0.508 e. The van der Waals surface area contributed by atoms with E-state index in [1.807, 2.05) is 6.07 Å². The molecule has 1 heterocycles. The number of H-pyrrole nitrogens is 1. The van der Waals surface area contributed by atoms with Crippen LogP contribution in [0, 0.1) is 0 Å². The Balaban J connectivity index is 1.84. The van der Waals surface area contributed by atoms with Gasteiger partial charge in [0.2, 0.25) is 5.95 Å². The SMILES string of the molecule is O=c1[nH]c(N/N=C/c2cccc(O)c2)nc2ccccc12. The lowest BCUT2D eigenvalue weighted by Crippen LogP contribution is -2.10. The molecule has 0 saturated heterocycles. The molecule has 6 heteroatoms. The molecular formula is C15H12N4O2. The number of nitrogens with zero attached hydrogens (tertiary/aromatic N) is 2. The highest BCUT2D eigenvalue weighted by molar-refractivity contribution is 5.81. The molecule has 6 nitrogen and oxygen atoms in total.